The maximum Gasteiger partial charge on any atom is 0.326 e. The van der Waals surface area contributed by atoms with Crippen molar-refractivity contribution >= 4 is 35.0 Å². The number of halogens is 1. The van der Waals surface area contributed by atoms with Crippen LogP contribution in [-0.4, -0.2) is 25.6 Å². The minimum Gasteiger partial charge on any atom is -0.308 e. The molecule has 2 aromatic heterocycles. The first-order valence-electron chi connectivity index (χ1n) is 10.8. The Bertz CT molecular complexity index is 1000. The summed E-state index contributed by atoms with van der Waals surface area (Å²) in [5.74, 6) is 0.913. The lowest BCUT2D eigenvalue weighted by molar-refractivity contribution is 0.262. The molecule has 158 valence electrons. The first-order valence-corrected chi connectivity index (χ1v) is 11.1. The van der Waals surface area contributed by atoms with E-state index in [0.29, 0.717) is 22.4 Å². The van der Waals surface area contributed by atoms with Crippen LogP contribution in [0.5, 0.6) is 0 Å². The molecule has 0 radical (unpaired) electrons. The summed E-state index contributed by atoms with van der Waals surface area (Å²) >= 11 is 5.91. The number of urea groups is 1. The van der Waals surface area contributed by atoms with E-state index < -0.39 is 0 Å². The maximum absolute atomic E-state index is 12.5. The first kappa shape index (κ1) is 20.6. The summed E-state index contributed by atoms with van der Waals surface area (Å²) in [4.78, 5) is 17.0. The van der Waals surface area contributed by atoms with Gasteiger partial charge in [-0.25, -0.2) is 14.2 Å². The van der Waals surface area contributed by atoms with Crippen molar-refractivity contribution in [3.63, 3.8) is 0 Å². The van der Waals surface area contributed by atoms with Crippen molar-refractivity contribution in [2.75, 3.05) is 10.6 Å². The van der Waals surface area contributed by atoms with Gasteiger partial charge in [0.15, 0.2) is 0 Å². The Morgan fingerprint density at radius 1 is 0.867 bits per heavy atom. The lowest BCUT2D eigenvalue weighted by Crippen LogP contribution is -2.21. The zero-order valence-electron chi connectivity index (χ0n) is 17.0. The van der Waals surface area contributed by atoms with Crippen molar-refractivity contribution in [2.45, 2.75) is 64.2 Å². The van der Waals surface area contributed by atoms with Crippen molar-refractivity contribution in [1.29, 1.82) is 0 Å². The predicted octanol–water partition coefficient (Wildman–Crippen LogP) is 5.64. The molecule has 1 aliphatic rings. The number of carbonyl (C=O) groups is 1. The van der Waals surface area contributed by atoms with Gasteiger partial charge < -0.3 is 5.32 Å². The quantitative estimate of drug-likeness (QED) is 0.555. The first-order chi connectivity index (χ1) is 14.7. The van der Waals surface area contributed by atoms with Gasteiger partial charge in [-0.15, -0.1) is 10.2 Å². The lowest BCUT2D eigenvalue weighted by Gasteiger charge is -2.14. The average Bonchev–Trinajstić information content (AvgIpc) is 3.13. The summed E-state index contributed by atoms with van der Waals surface area (Å²) in [6.45, 7) is 0. The molecule has 7 nitrogen and oxygen atoms in total. The fourth-order valence-corrected chi connectivity index (χ4v) is 4.12. The Kier molecular flexibility index (Phi) is 6.79. The second-order valence-electron chi connectivity index (χ2n) is 7.80. The smallest absolute Gasteiger partial charge is 0.308 e. The molecular formula is C22H27ClN6O. The van der Waals surface area contributed by atoms with Crippen LogP contribution in [0.1, 0.15) is 62.6 Å². The van der Waals surface area contributed by atoms with E-state index in [-0.39, 0.29) is 6.03 Å². The Labute approximate surface area is 181 Å². The number of nitrogens with one attached hydrogen (secondary N) is 2. The molecule has 3 aromatic rings. The predicted molar refractivity (Wildman–Crippen MR) is 119 cm³/mol. The van der Waals surface area contributed by atoms with Crippen molar-refractivity contribution in [3.8, 4) is 0 Å². The largest absolute Gasteiger partial charge is 0.326 e. The molecular weight excluding hydrogens is 400 g/mol. The number of fused-ring (bicyclic) bond motifs is 3. The highest BCUT2D eigenvalue weighted by molar-refractivity contribution is 6.30. The summed E-state index contributed by atoms with van der Waals surface area (Å²) in [6.07, 6.45) is 13.8. The standard InChI is InChI=1S/C22H27ClN6O/c23-17-11-13-18(14-12-17)25-22(30)26-21-28-27-20-24-15-16-9-7-5-3-1-2-4-6-8-10-19(16)29(20)21/h11-15H,1-10H2,(H2,25,26,28,30). The molecule has 1 aromatic carbocycles. The Morgan fingerprint density at radius 2 is 1.53 bits per heavy atom. The number of nitrogens with zero attached hydrogens (tertiary/aromatic N) is 4. The van der Waals surface area contributed by atoms with E-state index in [1.807, 2.05) is 10.6 Å². The van der Waals surface area contributed by atoms with Crippen molar-refractivity contribution < 1.29 is 4.79 Å². The molecule has 30 heavy (non-hydrogen) atoms. The van der Waals surface area contributed by atoms with Crippen LogP contribution < -0.4 is 10.6 Å². The number of amides is 2. The molecule has 1 aliphatic carbocycles. The number of rotatable bonds is 2. The van der Waals surface area contributed by atoms with Gasteiger partial charge in [-0.2, -0.15) is 0 Å². The number of aromatic nitrogens is 4. The Balaban J connectivity index is 1.57. The van der Waals surface area contributed by atoms with E-state index in [0.717, 1.165) is 31.4 Å². The van der Waals surface area contributed by atoms with Gasteiger partial charge in [-0.3, -0.25) is 5.32 Å². The topological polar surface area (TPSA) is 84.2 Å². The van der Waals surface area contributed by atoms with E-state index in [1.54, 1.807) is 24.3 Å². The number of hydrogen-bond donors (Lipinski definition) is 2. The summed E-state index contributed by atoms with van der Waals surface area (Å²) in [7, 11) is 0. The third-order valence-corrected chi connectivity index (χ3v) is 5.81. The minimum absolute atomic E-state index is 0.377. The van der Waals surface area contributed by atoms with E-state index in [9.17, 15) is 4.79 Å². The molecule has 0 saturated carbocycles. The third kappa shape index (κ3) is 5.08. The maximum atomic E-state index is 12.5. The summed E-state index contributed by atoms with van der Waals surface area (Å²) in [6, 6.07) is 6.58. The molecule has 0 saturated heterocycles. The van der Waals surface area contributed by atoms with Crippen LogP contribution in [0.25, 0.3) is 5.78 Å². The van der Waals surface area contributed by atoms with Gasteiger partial charge in [-0.05, 0) is 55.5 Å². The van der Waals surface area contributed by atoms with E-state index in [2.05, 4.69) is 25.8 Å². The highest BCUT2D eigenvalue weighted by Crippen LogP contribution is 2.22. The molecule has 0 atom stereocenters. The second-order valence-corrected chi connectivity index (χ2v) is 8.24. The van der Waals surface area contributed by atoms with E-state index >= 15 is 0 Å². The normalized spacial score (nSPS) is 15.6. The molecule has 0 unspecified atom stereocenters. The fraction of sp³-hybridized carbons (Fsp3) is 0.455. The van der Waals surface area contributed by atoms with Crippen molar-refractivity contribution in [1.82, 2.24) is 19.6 Å². The molecule has 0 fully saturated rings. The van der Waals surface area contributed by atoms with Gasteiger partial charge >= 0.3 is 6.03 Å². The van der Waals surface area contributed by atoms with Gasteiger partial charge in [0.05, 0.1) is 0 Å². The van der Waals surface area contributed by atoms with Gasteiger partial charge in [0.1, 0.15) is 0 Å². The van der Waals surface area contributed by atoms with Crippen LogP contribution in [0, 0.1) is 0 Å². The summed E-state index contributed by atoms with van der Waals surface area (Å²) < 4.78 is 1.91. The summed E-state index contributed by atoms with van der Waals surface area (Å²) in [5, 5.41) is 14.6. The number of aryl methyl sites for hydroxylation is 2. The molecule has 4 rings (SSSR count). The van der Waals surface area contributed by atoms with Crippen LogP contribution in [0.3, 0.4) is 0 Å². The molecule has 2 N–H and O–H groups in total. The molecule has 0 aliphatic heterocycles. The molecule has 2 heterocycles. The fourth-order valence-electron chi connectivity index (χ4n) is 3.99. The number of carbonyl (C=O) groups excluding carboxylic acids is 1. The Morgan fingerprint density at radius 3 is 2.27 bits per heavy atom. The molecule has 2 amide bonds. The number of hydrogen-bond acceptors (Lipinski definition) is 4. The van der Waals surface area contributed by atoms with E-state index in [4.69, 9.17) is 11.6 Å². The van der Waals surface area contributed by atoms with Gasteiger partial charge in [0.2, 0.25) is 5.95 Å². The van der Waals surface area contributed by atoms with Crippen LogP contribution in [-0.2, 0) is 12.8 Å². The molecule has 8 heteroatoms. The molecule has 0 spiro atoms. The highest BCUT2D eigenvalue weighted by Gasteiger charge is 2.17. The third-order valence-electron chi connectivity index (χ3n) is 5.56. The zero-order valence-corrected chi connectivity index (χ0v) is 17.8. The second kappa shape index (κ2) is 9.89. The van der Waals surface area contributed by atoms with E-state index in [1.165, 1.54) is 44.1 Å². The lowest BCUT2D eigenvalue weighted by atomic mass is 9.99. The van der Waals surface area contributed by atoms with Gasteiger partial charge in [-0.1, -0.05) is 50.1 Å². The highest BCUT2D eigenvalue weighted by atomic mass is 35.5. The monoisotopic (exact) mass is 426 g/mol. The van der Waals surface area contributed by atoms with Crippen molar-refractivity contribution in [3.05, 3.63) is 46.7 Å². The summed E-state index contributed by atoms with van der Waals surface area (Å²) in [5.41, 5.74) is 3.04. The van der Waals surface area contributed by atoms with Crippen LogP contribution in [0.2, 0.25) is 5.02 Å². The van der Waals surface area contributed by atoms with Gasteiger partial charge in [0, 0.05) is 22.6 Å². The van der Waals surface area contributed by atoms with Crippen LogP contribution in [0.4, 0.5) is 16.4 Å². The minimum atomic E-state index is -0.377. The van der Waals surface area contributed by atoms with Crippen LogP contribution in [0.15, 0.2) is 30.5 Å². The van der Waals surface area contributed by atoms with Crippen LogP contribution >= 0.6 is 11.6 Å². The number of anilines is 2. The molecule has 0 bridgehead atoms. The van der Waals surface area contributed by atoms with Gasteiger partial charge in [0.25, 0.3) is 5.78 Å². The Hall–Kier alpha value is -2.67. The number of benzene rings is 1. The van der Waals surface area contributed by atoms with Crippen molar-refractivity contribution in [2.24, 2.45) is 0 Å². The zero-order chi connectivity index (χ0) is 20.8. The average molecular weight is 427 g/mol. The SMILES string of the molecule is O=C(Nc1ccc(Cl)cc1)Nc1nnc2ncc3c(n12)CCCCCCCCCC3.